The van der Waals surface area contributed by atoms with E-state index in [1.165, 1.54) is 12.1 Å². The Morgan fingerprint density at radius 2 is 1.87 bits per heavy atom. The maximum absolute atomic E-state index is 16.0. The van der Waals surface area contributed by atoms with Gasteiger partial charge in [-0.15, -0.1) is 0 Å². The Morgan fingerprint density at radius 1 is 0.974 bits per heavy atom. The molecule has 1 aliphatic rings. The molecule has 1 saturated carbocycles. The number of nitrogens with one attached hydrogen (secondary N) is 3. The summed E-state index contributed by atoms with van der Waals surface area (Å²) in [7, 11) is 0. The molecule has 38 heavy (non-hydrogen) atoms. The minimum absolute atomic E-state index is 0.0423. The zero-order valence-electron chi connectivity index (χ0n) is 19.8. The summed E-state index contributed by atoms with van der Waals surface area (Å²) in [4.78, 5) is 28.6. The Labute approximate surface area is 214 Å². The number of amides is 1. The van der Waals surface area contributed by atoms with Gasteiger partial charge < -0.3 is 10.3 Å². The monoisotopic (exact) mass is 507 g/mol. The third kappa shape index (κ3) is 3.78. The Hall–Kier alpha value is -4.99. The molecular weight excluding hydrogens is 488 g/mol. The largest absolute Gasteiger partial charge is 0.336 e. The number of hydrogen-bond donors (Lipinski definition) is 3. The van der Waals surface area contributed by atoms with E-state index in [-0.39, 0.29) is 23.0 Å². The highest BCUT2D eigenvalue weighted by atomic mass is 19.1. The Morgan fingerprint density at radius 3 is 2.71 bits per heavy atom. The number of benzene rings is 2. The van der Waals surface area contributed by atoms with Crippen LogP contribution in [-0.2, 0) is 4.79 Å². The van der Waals surface area contributed by atoms with E-state index in [4.69, 9.17) is 0 Å². The van der Waals surface area contributed by atoms with Crippen LogP contribution in [-0.4, -0.2) is 36.0 Å². The van der Waals surface area contributed by atoms with E-state index in [1.807, 2.05) is 0 Å². The molecule has 0 radical (unpaired) electrons. The van der Waals surface area contributed by atoms with Gasteiger partial charge in [0.2, 0.25) is 5.91 Å². The lowest BCUT2D eigenvalue weighted by Crippen LogP contribution is -2.13. The van der Waals surface area contributed by atoms with Crippen LogP contribution in [0.5, 0.6) is 0 Å². The standard InChI is InChI=1S/C28H19F2N7O/c29-17-3-1-2-15(10-17)24-25-21(8-9-32-24)34-27(35-25)26-22-20(36-37-26)7-6-19(23(22)30)16-11-18(13-31-12-16)33-28(38)14-4-5-14/h1-3,6-14H,4-5H2,(H,33,38)(H,34,35)(H,36,37). The maximum atomic E-state index is 16.0. The summed E-state index contributed by atoms with van der Waals surface area (Å²) in [5.74, 6) is -0.538. The van der Waals surface area contributed by atoms with Crippen molar-refractivity contribution in [1.29, 1.82) is 0 Å². The van der Waals surface area contributed by atoms with Crippen molar-refractivity contribution in [3.63, 3.8) is 0 Å². The smallest absolute Gasteiger partial charge is 0.227 e. The fraction of sp³-hybridized carbons (Fsp3) is 0.107. The summed E-state index contributed by atoms with van der Waals surface area (Å²) in [6, 6.07) is 13.0. The minimum atomic E-state index is -0.498. The summed E-state index contributed by atoms with van der Waals surface area (Å²) in [6.45, 7) is 0. The predicted molar refractivity (Wildman–Crippen MR) is 139 cm³/mol. The van der Waals surface area contributed by atoms with Crippen LogP contribution in [0.15, 0.2) is 67.1 Å². The molecule has 0 saturated heterocycles. The van der Waals surface area contributed by atoms with Crippen LogP contribution in [0.2, 0.25) is 0 Å². The highest BCUT2D eigenvalue weighted by Gasteiger charge is 2.29. The van der Waals surface area contributed by atoms with Gasteiger partial charge in [0.25, 0.3) is 0 Å². The van der Waals surface area contributed by atoms with E-state index in [0.717, 1.165) is 12.8 Å². The Kier molecular flexibility index (Phi) is 5.00. The van der Waals surface area contributed by atoms with Crippen LogP contribution in [0.3, 0.4) is 0 Å². The van der Waals surface area contributed by atoms with Gasteiger partial charge in [-0.2, -0.15) is 5.10 Å². The number of fused-ring (bicyclic) bond motifs is 2. The average molecular weight is 508 g/mol. The molecule has 8 nitrogen and oxygen atoms in total. The second-order valence-electron chi connectivity index (χ2n) is 9.30. The Bertz CT molecular complexity index is 1870. The third-order valence-corrected chi connectivity index (χ3v) is 6.66. The normalized spacial score (nSPS) is 13.3. The minimum Gasteiger partial charge on any atom is -0.336 e. The molecule has 1 aliphatic carbocycles. The number of aromatic nitrogens is 6. The second-order valence-corrected chi connectivity index (χ2v) is 9.30. The van der Waals surface area contributed by atoms with E-state index in [2.05, 4.69) is 35.5 Å². The van der Waals surface area contributed by atoms with Crippen molar-refractivity contribution in [2.24, 2.45) is 5.92 Å². The second kappa shape index (κ2) is 8.55. The number of carbonyl (C=O) groups excluding carboxylic acids is 1. The summed E-state index contributed by atoms with van der Waals surface area (Å²) in [5.41, 5.74) is 4.40. The number of pyridine rings is 2. The van der Waals surface area contributed by atoms with Crippen LogP contribution in [0.25, 0.3) is 55.8 Å². The van der Waals surface area contributed by atoms with Crippen molar-refractivity contribution in [2.75, 3.05) is 5.32 Å². The van der Waals surface area contributed by atoms with E-state index >= 15 is 4.39 Å². The van der Waals surface area contributed by atoms with Crippen LogP contribution >= 0.6 is 0 Å². The van der Waals surface area contributed by atoms with Crippen LogP contribution in [0, 0.1) is 17.6 Å². The van der Waals surface area contributed by atoms with Crippen molar-refractivity contribution < 1.29 is 13.6 Å². The maximum Gasteiger partial charge on any atom is 0.227 e. The fourth-order valence-corrected chi connectivity index (χ4v) is 4.61. The first-order valence-corrected chi connectivity index (χ1v) is 12.1. The first-order chi connectivity index (χ1) is 18.5. The van der Waals surface area contributed by atoms with Crippen molar-refractivity contribution >= 4 is 33.5 Å². The van der Waals surface area contributed by atoms with Gasteiger partial charge in [-0.1, -0.05) is 12.1 Å². The first-order valence-electron chi connectivity index (χ1n) is 12.1. The molecule has 0 unspecified atom stereocenters. The van der Waals surface area contributed by atoms with Crippen LogP contribution in [0.4, 0.5) is 14.5 Å². The molecule has 0 atom stereocenters. The lowest BCUT2D eigenvalue weighted by molar-refractivity contribution is -0.117. The number of anilines is 1. The lowest BCUT2D eigenvalue weighted by Gasteiger charge is -2.08. The number of halogens is 2. The van der Waals surface area contributed by atoms with E-state index < -0.39 is 5.82 Å². The molecule has 1 amide bonds. The SMILES string of the molecule is O=C(Nc1cncc(-c2ccc3[nH]nc(-c4nc5c(-c6cccc(F)c6)nccc5[nH]4)c3c2F)c1)C1CC1. The zero-order valence-corrected chi connectivity index (χ0v) is 19.8. The molecular formula is C28H19F2N7O. The summed E-state index contributed by atoms with van der Waals surface area (Å²) >= 11 is 0. The molecule has 7 rings (SSSR count). The number of imidazole rings is 1. The molecule has 0 bridgehead atoms. The topological polar surface area (TPSA) is 112 Å². The van der Waals surface area contributed by atoms with Crippen molar-refractivity contribution in [3.05, 3.63) is 78.8 Å². The fourth-order valence-electron chi connectivity index (χ4n) is 4.61. The van der Waals surface area contributed by atoms with Crippen molar-refractivity contribution in [2.45, 2.75) is 12.8 Å². The molecule has 4 heterocycles. The zero-order chi connectivity index (χ0) is 25.8. The average Bonchev–Trinajstić information content (AvgIpc) is 3.54. The van der Waals surface area contributed by atoms with Crippen molar-refractivity contribution in [3.8, 4) is 33.9 Å². The molecule has 10 heteroatoms. The van der Waals surface area contributed by atoms with Gasteiger partial charge in [0.05, 0.1) is 34.0 Å². The molecule has 4 aromatic heterocycles. The predicted octanol–water partition coefficient (Wildman–Crippen LogP) is 5.86. The molecule has 1 fully saturated rings. The summed E-state index contributed by atoms with van der Waals surface area (Å²) in [5, 5.41) is 10.3. The number of aromatic amines is 2. The molecule has 0 spiro atoms. The van der Waals surface area contributed by atoms with Gasteiger partial charge in [0, 0.05) is 35.0 Å². The highest BCUT2D eigenvalue weighted by Crippen LogP contribution is 2.36. The van der Waals surface area contributed by atoms with E-state index in [1.54, 1.807) is 55.0 Å². The van der Waals surface area contributed by atoms with Gasteiger partial charge in [0.1, 0.15) is 22.8 Å². The quantitative estimate of drug-likeness (QED) is 0.271. The summed E-state index contributed by atoms with van der Waals surface area (Å²) < 4.78 is 29.9. The number of hydrogen-bond acceptors (Lipinski definition) is 5. The molecule has 6 aromatic rings. The van der Waals surface area contributed by atoms with E-state index in [0.29, 0.717) is 56.1 Å². The third-order valence-electron chi connectivity index (χ3n) is 6.66. The van der Waals surface area contributed by atoms with Crippen LogP contribution in [0.1, 0.15) is 12.8 Å². The molecule has 3 N–H and O–H groups in total. The first kappa shape index (κ1) is 22.2. The lowest BCUT2D eigenvalue weighted by atomic mass is 10.0. The van der Waals surface area contributed by atoms with Gasteiger partial charge in [-0.3, -0.25) is 19.9 Å². The Balaban J connectivity index is 1.32. The van der Waals surface area contributed by atoms with Gasteiger partial charge in [-0.25, -0.2) is 13.8 Å². The number of H-pyrrole nitrogens is 2. The summed E-state index contributed by atoms with van der Waals surface area (Å²) in [6.07, 6.45) is 6.47. The molecule has 0 aliphatic heterocycles. The van der Waals surface area contributed by atoms with Crippen molar-refractivity contribution in [1.82, 2.24) is 30.1 Å². The number of nitrogens with zero attached hydrogens (tertiary/aromatic N) is 4. The van der Waals surface area contributed by atoms with E-state index in [9.17, 15) is 9.18 Å². The number of carbonyl (C=O) groups is 1. The van der Waals surface area contributed by atoms with Gasteiger partial charge >= 0.3 is 0 Å². The molecule has 186 valence electrons. The van der Waals surface area contributed by atoms with Gasteiger partial charge in [-0.05, 0) is 49.2 Å². The van der Waals surface area contributed by atoms with Crippen LogP contribution < -0.4 is 5.32 Å². The molecule has 2 aromatic carbocycles. The van der Waals surface area contributed by atoms with Gasteiger partial charge in [0.15, 0.2) is 5.82 Å². The number of rotatable bonds is 5. The highest BCUT2D eigenvalue weighted by molar-refractivity contribution is 5.98.